The number of nitrogens with two attached hydrogens (primary N) is 1. The van der Waals surface area contributed by atoms with E-state index < -0.39 is 5.91 Å². The number of nitrogens with zero attached hydrogens (tertiary/aromatic N) is 1. The van der Waals surface area contributed by atoms with Gasteiger partial charge >= 0.3 is 0 Å². The minimum atomic E-state index is -0.479. The van der Waals surface area contributed by atoms with Crippen LogP contribution in [0, 0.1) is 6.92 Å². The van der Waals surface area contributed by atoms with Crippen molar-refractivity contribution in [3.05, 3.63) is 33.8 Å². The lowest BCUT2D eigenvalue weighted by Gasteiger charge is -2.34. The fourth-order valence-electron chi connectivity index (χ4n) is 2.54. The summed E-state index contributed by atoms with van der Waals surface area (Å²) in [7, 11) is 0. The molecule has 0 saturated carbocycles. The monoisotopic (exact) mass is 353 g/mol. The third-order valence-electron chi connectivity index (χ3n) is 3.76. The van der Waals surface area contributed by atoms with Gasteiger partial charge in [0.15, 0.2) is 0 Å². The molecule has 2 amide bonds. The van der Waals surface area contributed by atoms with Gasteiger partial charge in [-0.3, -0.25) is 9.59 Å². The average molecular weight is 354 g/mol. The third kappa shape index (κ3) is 4.04. The van der Waals surface area contributed by atoms with E-state index in [9.17, 15) is 9.59 Å². The van der Waals surface area contributed by atoms with Crippen LogP contribution in [0.2, 0.25) is 0 Å². The molecule has 1 aromatic rings. The third-order valence-corrected chi connectivity index (χ3v) is 4.61. The molecule has 2 rings (SSSR count). The second kappa shape index (κ2) is 7.04. The van der Waals surface area contributed by atoms with Crippen molar-refractivity contribution >= 4 is 27.7 Å². The van der Waals surface area contributed by atoms with Crippen LogP contribution >= 0.6 is 15.9 Å². The van der Waals surface area contributed by atoms with Gasteiger partial charge in [0.25, 0.3) is 5.91 Å². The van der Waals surface area contributed by atoms with Crippen molar-refractivity contribution in [1.29, 1.82) is 0 Å². The Bertz CT molecular complexity index is 542. The zero-order valence-electron chi connectivity index (χ0n) is 12.1. The first-order valence-corrected chi connectivity index (χ1v) is 7.84. The predicted molar refractivity (Wildman–Crippen MR) is 85.0 cm³/mol. The number of carbonyl (C=O) groups is 2. The van der Waals surface area contributed by atoms with Gasteiger partial charge in [0, 0.05) is 16.1 Å². The average Bonchev–Trinajstić information content (AvgIpc) is 2.47. The normalized spacial score (nSPS) is 15.7. The molecule has 1 aliphatic heterocycles. The fourth-order valence-corrected chi connectivity index (χ4v) is 2.92. The summed E-state index contributed by atoms with van der Waals surface area (Å²) < 4.78 is 0.887. The molecule has 21 heavy (non-hydrogen) atoms. The summed E-state index contributed by atoms with van der Waals surface area (Å²) in [5.74, 6) is -0.616. The van der Waals surface area contributed by atoms with E-state index in [2.05, 4.69) is 21.2 Å². The number of hydrogen-bond acceptors (Lipinski definition) is 3. The minimum Gasteiger partial charge on any atom is -0.368 e. The molecule has 6 heteroatoms. The molecule has 114 valence electrons. The topological polar surface area (TPSA) is 75.4 Å². The first kappa shape index (κ1) is 16.0. The Balaban J connectivity index is 2.23. The maximum atomic E-state index is 12.7. The molecule has 1 aromatic carbocycles. The van der Waals surface area contributed by atoms with E-state index >= 15 is 0 Å². The van der Waals surface area contributed by atoms with Crippen molar-refractivity contribution in [2.24, 2.45) is 5.73 Å². The van der Waals surface area contributed by atoms with Crippen molar-refractivity contribution < 1.29 is 9.59 Å². The molecular formula is C15H20BrN3O2. The summed E-state index contributed by atoms with van der Waals surface area (Å²) in [5.41, 5.74) is 6.95. The SMILES string of the molecule is Cc1ccc(C(=O)N(CC(N)=O)C2CCNCC2)cc1Br. The molecule has 1 saturated heterocycles. The van der Waals surface area contributed by atoms with E-state index in [0.29, 0.717) is 5.56 Å². The van der Waals surface area contributed by atoms with Crippen LogP contribution in [0.5, 0.6) is 0 Å². The minimum absolute atomic E-state index is 0.0327. The second-order valence-corrected chi connectivity index (χ2v) is 6.20. The Kier molecular flexibility index (Phi) is 5.36. The van der Waals surface area contributed by atoms with Crippen molar-refractivity contribution in [2.45, 2.75) is 25.8 Å². The molecule has 0 bridgehead atoms. The van der Waals surface area contributed by atoms with Gasteiger partial charge in [-0.1, -0.05) is 22.0 Å². The molecule has 0 aromatic heterocycles. The van der Waals surface area contributed by atoms with E-state index in [0.717, 1.165) is 36.0 Å². The number of amides is 2. The van der Waals surface area contributed by atoms with E-state index in [1.807, 2.05) is 13.0 Å². The highest BCUT2D eigenvalue weighted by molar-refractivity contribution is 9.10. The molecule has 0 radical (unpaired) electrons. The van der Waals surface area contributed by atoms with Gasteiger partial charge < -0.3 is 16.0 Å². The lowest BCUT2D eigenvalue weighted by atomic mass is 10.0. The molecule has 1 heterocycles. The number of primary amides is 1. The Morgan fingerprint density at radius 1 is 1.38 bits per heavy atom. The van der Waals surface area contributed by atoms with Gasteiger partial charge in [0.1, 0.15) is 0 Å². The summed E-state index contributed by atoms with van der Waals surface area (Å²) in [4.78, 5) is 25.6. The van der Waals surface area contributed by atoms with Crippen LogP contribution in [0.4, 0.5) is 0 Å². The molecule has 1 aliphatic rings. The maximum absolute atomic E-state index is 12.7. The number of nitrogens with one attached hydrogen (secondary N) is 1. The molecule has 1 fully saturated rings. The lowest BCUT2D eigenvalue weighted by molar-refractivity contribution is -0.119. The van der Waals surface area contributed by atoms with E-state index in [-0.39, 0.29) is 18.5 Å². The molecule has 0 atom stereocenters. The maximum Gasteiger partial charge on any atom is 0.254 e. The number of benzene rings is 1. The molecule has 5 nitrogen and oxygen atoms in total. The Hall–Kier alpha value is -1.40. The number of hydrogen-bond donors (Lipinski definition) is 2. The zero-order valence-corrected chi connectivity index (χ0v) is 13.6. The lowest BCUT2D eigenvalue weighted by Crippen LogP contribution is -2.49. The van der Waals surface area contributed by atoms with Crippen LogP contribution in [0.3, 0.4) is 0 Å². The molecule has 0 spiro atoms. The molecule has 0 aliphatic carbocycles. The number of piperidine rings is 1. The second-order valence-electron chi connectivity index (χ2n) is 5.34. The zero-order chi connectivity index (χ0) is 15.4. The van der Waals surface area contributed by atoms with Crippen LogP contribution < -0.4 is 11.1 Å². The number of aryl methyl sites for hydroxylation is 1. The van der Waals surface area contributed by atoms with Gasteiger partial charge in [-0.05, 0) is 50.6 Å². The van der Waals surface area contributed by atoms with Crippen molar-refractivity contribution in [3.63, 3.8) is 0 Å². The standard InChI is InChI=1S/C15H20BrN3O2/c1-10-2-3-11(8-13(10)16)15(21)19(9-14(17)20)12-4-6-18-7-5-12/h2-3,8,12,18H,4-7,9H2,1H3,(H2,17,20). The number of carbonyl (C=O) groups excluding carboxylic acids is 2. The first-order chi connectivity index (χ1) is 9.99. The highest BCUT2D eigenvalue weighted by atomic mass is 79.9. The van der Waals surface area contributed by atoms with Crippen molar-refractivity contribution in [2.75, 3.05) is 19.6 Å². The van der Waals surface area contributed by atoms with Crippen LogP contribution in [-0.2, 0) is 4.79 Å². The van der Waals surface area contributed by atoms with Gasteiger partial charge in [0.2, 0.25) is 5.91 Å². The Morgan fingerprint density at radius 3 is 2.62 bits per heavy atom. The molecular weight excluding hydrogens is 334 g/mol. The summed E-state index contributed by atoms with van der Waals surface area (Å²) in [6, 6.07) is 5.54. The smallest absolute Gasteiger partial charge is 0.254 e. The van der Waals surface area contributed by atoms with Crippen LogP contribution in [0.25, 0.3) is 0 Å². The van der Waals surface area contributed by atoms with Gasteiger partial charge in [-0.25, -0.2) is 0 Å². The van der Waals surface area contributed by atoms with E-state index in [1.54, 1.807) is 17.0 Å². The van der Waals surface area contributed by atoms with Crippen LogP contribution in [0.1, 0.15) is 28.8 Å². The number of halogens is 1. The predicted octanol–water partition coefficient (Wildman–Crippen LogP) is 1.44. The Morgan fingerprint density at radius 2 is 2.05 bits per heavy atom. The highest BCUT2D eigenvalue weighted by Gasteiger charge is 2.27. The van der Waals surface area contributed by atoms with E-state index in [4.69, 9.17) is 5.73 Å². The van der Waals surface area contributed by atoms with Crippen LogP contribution in [0.15, 0.2) is 22.7 Å². The highest BCUT2D eigenvalue weighted by Crippen LogP contribution is 2.21. The van der Waals surface area contributed by atoms with Gasteiger partial charge in [-0.2, -0.15) is 0 Å². The van der Waals surface area contributed by atoms with Gasteiger partial charge in [0.05, 0.1) is 6.54 Å². The molecule has 0 unspecified atom stereocenters. The molecule has 3 N–H and O–H groups in total. The van der Waals surface area contributed by atoms with Crippen LogP contribution in [-0.4, -0.2) is 42.4 Å². The fraction of sp³-hybridized carbons (Fsp3) is 0.467. The quantitative estimate of drug-likeness (QED) is 0.859. The number of rotatable bonds is 4. The summed E-state index contributed by atoms with van der Waals surface area (Å²) in [6.07, 6.45) is 1.68. The Labute approximate surface area is 133 Å². The summed E-state index contributed by atoms with van der Waals surface area (Å²) in [5, 5.41) is 3.26. The van der Waals surface area contributed by atoms with Crippen molar-refractivity contribution in [1.82, 2.24) is 10.2 Å². The van der Waals surface area contributed by atoms with Crippen molar-refractivity contribution in [3.8, 4) is 0 Å². The van der Waals surface area contributed by atoms with Gasteiger partial charge in [-0.15, -0.1) is 0 Å². The summed E-state index contributed by atoms with van der Waals surface area (Å²) in [6.45, 7) is 3.64. The first-order valence-electron chi connectivity index (χ1n) is 7.05. The largest absolute Gasteiger partial charge is 0.368 e. The van der Waals surface area contributed by atoms with E-state index in [1.165, 1.54) is 0 Å². The summed E-state index contributed by atoms with van der Waals surface area (Å²) >= 11 is 3.44.